The van der Waals surface area contributed by atoms with E-state index in [1.165, 1.54) is 10.6 Å². The fraction of sp³-hybridized carbons (Fsp3) is 0.333. The van der Waals surface area contributed by atoms with Crippen LogP contribution in [0.1, 0.15) is 30.5 Å². The van der Waals surface area contributed by atoms with Crippen LogP contribution in [0.4, 0.5) is 5.82 Å². The molecule has 3 unspecified atom stereocenters. The van der Waals surface area contributed by atoms with Gasteiger partial charge in [-0.1, -0.05) is 41.9 Å². The SMILES string of the molecule is O=C(OCc1ccccc1)C1CNCCC1OC1CCCN1c1ccc(-n2ccc(OCc3ccc(Cl)cn3)cc2=O)cn1. The molecule has 11 heteroatoms. The number of carbonyl (C=O) groups excluding carboxylic acids is 1. The van der Waals surface area contributed by atoms with Crippen molar-refractivity contribution in [1.82, 2.24) is 19.9 Å². The van der Waals surface area contributed by atoms with Crippen LogP contribution in [0.2, 0.25) is 5.02 Å². The molecule has 228 valence electrons. The summed E-state index contributed by atoms with van der Waals surface area (Å²) in [5.74, 6) is 0.578. The largest absolute Gasteiger partial charge is 0.487 e. The maximum atomic E-state index is 13.0. The number of ether oxygens (including phenoxy) is 3. The van der Waals surface area contributed by atoms with Gasteiger partial charge in [0.1, 0.15) is 31.0 Å². The molecule has 2 saturated heterocycles. The Morgan fingerprint density at radius 2 is 1.89 bits per heavy atom. The van der Waals surface area contributed by atoms with Gasteiger partial charge in [-0.05, 0) is 61.7 Å². The summed E-state index contributed by atoms with van der Waals surface area (Å²) >= 11 is 5.88. The molecule has 0 aliphatic carbocycles. The van der Waals surface area contributed by atoms with Crippen LogP contribution in [-0.4, -0.2) is 52.5 Å². The van der Waals surface area contributed by atoms with Gasteiger partial charge in [-0.15, -0.1) is 0 Å². The zero-order valence-corrected chi connectivity index (χ0v) is 24.9. The fourth-order valence-corrected chi connectivity index (χ4v) is 5.63. The minimum Gasteiger partial charge on any atom is -0.487 e. The van der Waals surface area contributed by atoms with E-state index in [2.05, 4.69) is 20.2 Å². The Labute approximate surface area is 260 Å². The number of esters is 1. The van der Waals surface area contributed by atoms with E-state index < -0.39 is 0 Å². The summed E-state index contributed by atoms with van der Waals surface area (Å²) in [7, 11) is 0. The molecule has 4 aromatic rings. The lowest BCUT2D eigenvalue weighted by atomic mass is 9.96. The molecule has 1 N–H and O–H groups in total. The van der Waals surface area contributed by atoms with Gasteiger partial charge >= 0.3 is 5.97 Å². The summed E-state index contributed by atoms with van der Waals surface area (Å²) in [6, 6.07) is 20.1. The van der Waals surface area contributed by atoms with Crippen LogP contribution in [0.15, 0.2) is 90.1 Å². The molecule has 6 rings (SSSR count). The number of anilines is 1. The third kappa shape index (κ3) is 7.27. The van der Waals surface area contributed by atoms with Crippen molar-refractivity contribution < 1.29 is 19.0 Å². The van der Waals surface area contributed by atoms with Crippen molar-refractivity contribution in [2.75, 3.05) is 24.5 Å². The molecule has 0 saturated carbocycles. The van der Waals surface area contributed by atoms with E-state index in [1.54, 1.807) is 36.8 Å². The van der Waals surface area contributed by atoms with Crippen molar-refractivity contribution in [2.24, 2.45) is 5.92 Å². The molecular formula is C33H34ClN5O5. The molecule has 1 aromatic carbocycles. The van der Waals surface area contributed by atoms with Gasteiger partial charge in [0.15, 0.2) is 0 Å². The van der Waals surface area contributed by atoms with Crippen LogP contribution >= 0.6 is 11.6 Å². The van der Waals surface area contributed by atoms with Gasteiger partial charge in [0.2, 0.25) is 0 Å². The zero-order chi connectivity index (χ0) is 30.3. The van der Waals surface area contributed by atoms with Gasteiger partial charge in [-0.25, -0.2) is 4.98 Å². The maximum absolute atomic E-state index is 13.0. The van der Waals surface area contributed by atoms with Gasteiger partial charge in [0, 0.05) is 31.5 Å². The first-order valence-electron chi connectivity index (χ1n) is 14.8. The molecule has 5 heterocycles. The molecule has 0 bridgehead atoms. The molecular weight excluding hydrogens is 582 g/mol. The molecule has 0 amide bonds. The quantitative estimate of drug-likeness (QED) is 0.258. The first kappa shape index (κ1) is 29.8. The van der Waals surface area contributed by atoms with E-state index in [0.29, 0.717) is 28.7 Å². The number of halogens is 1. The summed E-state index contributed by atoms with van der Waals surface area (Å²) in [4.78, 5) is 36.9. The Morgan fingerprint density at radius 1 is 1.00 bits per heavy atom. The van der Waals surface area contributed by atoms with Crippen LogP contribution in [0, 0.1) is 5.92 Å². The number of hydrogen-bond acceptors (Lipinski definition) is 9. The average Bonchev–Trinajstić information content (AvgIpc) is 3.52. The molecule has 2 aliphatic rings. The Bertz CT molecular complexity index is 1600. The third-order valence-corrected chi connectivity index (χ3v) is 8.07. The van der Waals surface area contributed by atoms with Crippen molar-refractivity contribution in [3.63, 3.8) is 0 Å². The smallest absolute Gasteiger partial charge is 0.313 e. The van der Waals surface area contributed by atoms with Crippen molar-refractivity contribution in [2.45, 2.75) is 44.8 Å². The molecule has 3 atom stereocenters. The summed E-state index contributed by atoms with van der Waals surface area (Å²) in [6.45, 7) is 2.56. The topological polar surface area (TPSA) is 108 Å². The Kier molecular flexibility index (Phi) is 9.50. The molecule has 2 fully saturated rings. The van der Waals surface area contributed by atoms with Crippen molar-refractivity contribution >= 4 is 23.4 Å². The van der Waals surface area contributed by atoms with Crippen LogP contribution in [0.5, 0.6) is 5.75 Å². The summed E-state index contributed by atoms with van der Waals surface area (Å²) < 4.78 is 19.5. The van der Waals surface area contributed by atoms with E-state index in [1.807, 2.05) is 42.5 Å². The van der Waals surface area contributed by atoms with Crippen LogP contribution < -0.4 is 20.5 Å². The maximum Gasteiger partial charge on any atom is 0.313 e. The number of pyridine rings is 3. The molecule has 0 spiro atoms. The number of aromatic nitrogens is 3. The van der Waals surface area contributed by atoms with Crippen molar-refractivity contribution in [1.29, 1.82) is 0 Å². The number of nitrogens with zero attached hydrogens (tertiary/aromatic N) is 4. The Hall–Kier alpha value is -4.25. The predicted molar refractivity (Wildman–Crippen MR) is 166 cm³/mol. The highest BCUT2D eigenvalue weighted by molar-refractivity contribution is 6.30. The van der Waals surface area contributed by atoms with Gasteiger partial charge < -0.3 is 24.4 Å². The monoisotopic (exact) mass is 615 g/mol. The van der Waals surface area contributed by atoms with E-state index in [0.717, 1.165) is 43.7 Å². The van der Waals surface area contributed by atoms with Crippen LogP contribution in [0.25, 0.3) is 5.69 Å². The fourth-order valence-electron chi connectivity index (χ4n) is 5.51. The highest BCUT2D eigenvalue weighted by atomic mass is 35.5. The molecule has 44 heavy (non-hydrogen) atoms. The summed E-state index contributed by atoms with van der Waals surface area (Å²) in [6.07, 6.45) is 6.97. The minimum absolute atomic E-state index is 0.199. The number of benzene rings is 1. The van der Waals surface area contributed by atoms with Gasteiger partial charge in [-0.2, -0.15) is 0 Å². The molecule has 3 aromatic heterocycles. The van der Waals surface area contributed by atoms with Crippen LogP contribution in [-0.2, 0) is 27.5 Å². The van der Waals surface area contributed by atoms with Gasteiger partial charge in [0.05, 0.1) is 34.6 Å². The Morgan fingerprint density at radius 3 is 2.66 bits per heavy atom. The number of rotatable bonds is 10. The minimum atomic E-state index is -0.383. The third-order valence-electron chi connectivity index (χ3n) is 7.85. The van der Waals surface area contributed by atoms with E-state index in [-0.39, 0.29) is 43.0 Å². The second-order valence-electron chi connectivity index (χ2n) is 10.9. The average molecular weight is 616 g/mol. The van der Waals surface area contributed by atoms with Gasteiger partial charge in [0.25, 0.3) is 5.56 Å². The first-order valence-corrected chi connectivity index (χ1v) is 15.2. The van der Waals surface area contributed by atoms with Crippen LogP contribution in [0.3, 0.4) is 0 Å². The van der Waals surface area contributed by atoms with Crippen molar-refractivity contribution in [3.05, 3.63) is 112 Å². The standard InChI is InChI=1S/C33H34ClN5O5/c34-24-8-9-25(36-18-24)22-42-27-13-16-38(31(40)17-27)26-10-11-30(37-19-26)39-15-4-7-32(39)44-29-12-14-35-20-28(29)33(41)43-21-23-5-2-1-3-6-23/h1-3,5-6,8-11,13,16-19,28-29,32,35H,4,7,12,14-15,20-22H2. The molecule has 0 radical (unpaired) electrons. The lowest BCUT2D eigenvalue weighted by molar-refractivity contribution is -0.159. The molecule has 2 aliphatic heterocycles. The number of hydrogen-bond donors (Lipinski definition) is 1. The molecule has 10 nitrogen and oxygen atoms in total. The summed E-state index contributed by atoms with van der Waals surface area (Å²) in [5, 5.41) is 3.86. The number of carbonyl (C=O) groups is 1. The number of nitrogens with one attached hydrogen (secondary N) is 1. The second kappa shape index (κ2) is 14.0. The summed E-state index contributed by atoms with van der Waals surface area (Å²) in [5.41, 5.74) is 2.07. The first-order chi connectivity index (χ1) is 21.5. The lowest BCUT2D eigenvalue weighted by Gasteiger charge is -2.35. The van der Waals surface area contributed by atoms with E-state index in [9.17, 15) is 9.59 Å². The van der Waals surface area contributed by atoms with E-state index >= 15 is 0 Å². The highest BCUT2D eigenvalue weighted by Gasteiger charge is 2.37. The zero-order valence-electron chi connectivity index (χ0n) is 24.2. The highest BCUT2D eigenvalue weighted by Crippen LogP contribution is 2.29. The van der Waals surface area contributed by atoms with Gasteiger partial charge in [-0.3, -0.25) is 19.1 Å². The predicted octanol–water partition coefficient (Wildman–Crippen LogP) is 4.52. The van der Waals surface area contributed by atoms with Crippen molar-refractivity contribution in [3.8, 4) is 11.4 Å². The Balaban J connectivity index is 1.07. The number of piperidine rings is 1. The lowest BCUT2D eigenvalue weighted by Crippen LogP contribution is -2.48. The second-order valence-corrected chi connectivity index (χ2v) is 11.3. The normalized spacial score (nSPS) is 19.9. The van der Waals surface area contributed by atoms with E-state index in [4.69, 9.17) is 25.8 Å².